The Kier molecular flexibility index (Phi) is 14.1. The first kappa shape index (κ1) is 26.4. The summed E-state index contributed by atoms with van der Waals surface area (Å²) < 4.78 is 11.0. The summed E-state index contributed by atoms with van der Waals surface area (Å²) in [5.41, 5.74) is -0.383. The molecule has 0 radical (unpaired) electrons. The number of unbranched alkanes of at least 4 members (excludes halogenated alkanes) is 3. The van der Waals surface area contributed by atoms with Crippen molar-refractivity contribution in [2.45, 2.75) is 71.3 Å². The number of hydrogen-bond acceptors (Lipinski definition) is 4. The van der Waals surface area contributed by atoms with Crippen molar-refractivity contribution < 1.29 is 14.3 Å². The van der Waals surface area contributed by atoms with Crippen LogP contribution in [0.4, 0.5) is 0 Å². The van der Waals surface area contributed by atoms with Gasteiger partial charge in [0, 0.05) is 40.2 Å². The molecule has 1 rings (SSSR count). The number of esters is 1. The molecule has 1 aliphatic carbocycles. The van der Waals surface area contributed by atoms with E-state index in [9.17, 15) is 4.79 Å². The van der Waals surface area contributed by atoms with Gasteiger partial charge in [-0.3, -0.25) is 9.79 Å². The van der Waals surface area contributed by atoms with Crippen molar-refractivity contribution in [2.75, 3.05) is 40.4 Å². The highest BCUT2D eigenvalue weighted by atomic mass is 127. The van der Waals surface area contributed by atoms with E-state index in [-0.39, 0.29) is 35.5 Å². The third-order valence-corrected chi connectivity index (χ3v) is 4.21. The van der Waals surface area contributed by atoms with Gasteiger partial charge >= 0.3 is 5.97 Å². The average molecular weight is 497 g/mol. The molecule has 0 aromatic carbocycles. The summed E-state index contributed by atoms with van der Waals surface area (Å²) in [5.74, 6) is 1.63. The van der Waals surface area contributed by atoms with Crippen LogP contribution in [0.1, 0.15) is 65.7 Å². The van der Waals surface area contributed by atoms with Crippen molar-refractivity contribution in [3.63, 3.8) is 0 Å². The quantitative estimate of drug-likeness (QED) is 0.146. The Morgan fingerprint density at radius 2 is 1.85 bits per heavy atom. The Labute approximate surface area is 182 Å². The summed E-state index contributed by atoms with van der Waals surface area (Å²) in [6.45, 7) is 9.11. The number of nitrogens with one attached hydrogen (secondary N) is 1. The van der Waals surface area contributed by atoms with Crippen LogP contribution < -0.4 is 5.32 Å². The van der Waals surface area contributed by atoms with Crippen LogP contribution in [0.3, 0.4) is 0 Å². The van der Waals surface area contributed by atoms with Crippen LogP contribution in [0.2, 0.25) is 0 Å². The summed E-state index contributed by atoms with van der Waals surface area (Å²) >= 11 is 0. The third kappa shape index (κ3) is 15.1. The van der Waals surface area contributed by atoms with Crippen LogP contribution >= 0.6 is 24.0 Å². The molecule has 0 bridgehead atoms. The highest BCUT2D eigenvalue weighted by Gasteiger charge is 2.21. The molecule has 0 aromatic heterocycles. The lowest BCUT2D eigenvalue weighted by molar-refractivity contribution is -0.154. The van der Waals surface area contributed by atoms with Crippen molar-refractivity contribution >= 4 is 35.9 Å². The number of carbonyl (C=O) groups is 1. The lowest BCUT2D eigenvalue weighted by Gasteiger charge is -2.22. The standard InChI is InChI=1S/C20H39N3O3.HI/c1-20(2,3)26-18(24)10-8-6-7-9-13-22-19(21-4)23(5)14-15-25-16-17-11-12-17;/h17H,6-16H2,1-5H3,(H,21,22);1H. The number of guanidine groups is 1. The van der Waals surface area contributed by atoms with E-state index >= 15 is 0 Å². The van der Waals surface area contributed by atoms with Gasteiger partial charge in [0.2, 0.25) is 0 Å². The fourth-order valence-corrected chi connectivity index (χ4v) is 2.57. The van der Waals surface area contributed by atoms with Gasteiger partial charge in [0.25, 0.3) is 0 Å². The van der Waals surface area contributed by atoms with E-state index in [0.717, 1.165) is 63.9 Å². The molecule has 0 aliphatic heterocycles. The Morgan fingerprint density at radius 1 is 1.19 bits per heavy atom. The van der Waals surface area contributed by atoms with Crippen LogP contribution in [-0.4, -0.2) is 62.8 Å². The second-order valence-corrected chi connectivity index (χ2v) is 8.16. The fraction of sp³-hybridized carbons (Fsp3) is 0.900. The van der Waals surface area contributed by atoms with Crippen molar-refractivity contribution in [1.29, 1.82) is 0 Å². The largest absolute Gasteiger partial charge is 0.460 e. The van der Waals surface area contributed by atoms with Crippen molar-refractivity contribution in [1.82, 2.24) is 10.2 Å². The summed E-state index contributed by atoms with van der Waals surface area (Å²) in [7, 11) is 3.85. The van der Waals surface area contributed by atoms with Gasteiger partial charge in [-0.2, -0.15) is 0 Å². The van der Waals surface area contributed by atoms with Crippen LogP contribution in [-0.2, 0) is 14.3 Å². The maximum absolute atomic E-state index is 11.6. The molecule has 0 spiro atoms. The first-order valence-corrected chi connectivity index (χ1v) is 10.0. The van der Waals surface area contributed by atoms with Crippen molar-refractivity contribution in [3.8, 4) is 0 Å². The first-order chi connectivity index (χ1) is 12.3. The number of aliphatic imine (C=N–C) groups is 1. The highest BCUT2D eigenvalue weighted by Crippen LogP contribution is 2.28. The predicted molar refractivity (Wildman–Crippen MR) is 122 cm³/mol. The first-order valence-electron chi connectivity index (χ1n) is 10.0. The molecule has 0 atom stereocenters. The number of ether oxygens (including phenoxy) is 2. The predicted octanol–water partition coefficient (Wildman–Crippen LogP) is 3.83. The summed E-state index contributed by atoms with van der Waals surface area (Å²) in [6.07, 6.45) is 7.27. The second-order valence-electron chi connectivity index (χ2n) is 8.16. The smallest absolute Gasteiger partial charge is 0.306 e. The van der Waals surface area contributed by atoms with Gasteiger partial charge in [-0.05, 0) is 52.4 Å². The summed E-state index contributed by atoms with van der Waals surface area (Å²) in [5, 5.41) is 3.39. The lowest BCUT2D eigenvalue weighted by atomic mass is 10.1. The minimum absolute atomic E-state index is 0. The van der Waals surface area contributed by atoms with E-state index in [0.29, 0.717) is 6.42 Å². The van der Waals surface area contributed by atoms with Gasteiger partial charge in [0.15, 0.2) is 5.96 Å². The van der Waals surface area contributed by atoms with E-state index in [1.165, 1.54) is 12.8 Å². The molecule has 0 unspecified atom stereocenters. The third-order valence-electron chi connectivity index (χ3n) is 4.21. The number of carbonyl (C=O) groups excluding carboxylic acids is 1. The molecule has 0 saturated heterocycles. The monoisotopic (exact) mass is 497 g/mol. The minimum Gasteiger partial charge on any atom is -0.460 e. The SMILES string of the molecule is CN=C(NCCCCCCC(=O)OC(C)(C)C)N(C)CCOCC1CC1.I. The molecule has 7 heteroatoms. The van der Waals surface area contributed by atoms with Gasteiger partial charge in [-0.25, -0.2) is 0 Å². The zero-order chi connectivity index (χ0) is 19.4. The Balaban J connectivity index is 0.00000676. The van der Waals surface area contributed by atoms with E-state index < -0.39 is 0 Å². The Hall–Kier alpha value is -0.570. The average Bonchev–Trinajstić information content (AvgIpc) is 3.36. The number of nitrogens with zero attached hydrogens (tertiary/aromatic N) is 2. The van der Waals surface area contributed by atoms with Gasteiger partial charge < -0.3 is 19.7 Å². The number of hydrogen-bond donors (Lipinski definition) is 1. The normalized spacial score (nSPS) is 14.5. The maximum atomic E-state index is 11.6. The molecule has 0 aromatic rings. The van der Waals surface area contributed by atoms with E-state index in [4.69, 9.17) is 9.47 Å². The molecule has 1 fully saturated rings. The van der Waals surface area contributed by atoms with Gasteiger partial charge in [0.1, 0.15) is 5.60 Å². The van der Waals surface area contributed by atoms with Crippen LogP contribution in [0.15, 0.2) is 4.99 Å². The molecular formula is C20H40IN3O3. The van der Waals surface area contributed by atoms with E-state index in [1.807, 2.05) is 34.9 Å². The van der Waals surface area contributed by atoms with Crippen LogP contribution in [0, 0.1) is 5.92 Å². The zero-order valence-corrected chi connectivity index (χ0v) is 20.2. The minimum atomic E-state index is -0.383. The fourth-order valence-electron chi connectivity index (χ4n) is 2.57. The summed E-state index contributed by atoms with van der Waals surface area (Å²) in [4.78, 5) is 18.1. The van der Waals surface area contributed by atoms with Crippen molar-refractivity contribution in [3.05, 3.63) is 0 Å². The van der Waals surface area contributed by atoms with Gasteiger partial charge in [-0.1, -0.05) is 12.8 Å². The molecule has 1 N–H and O–H groups in total. The zero-order valence-electron chi connectivity index (χ0n) is 17.9. The number of halogens is 1. The Bertz CT molecular complexity index is 435. The molecule has 160 valence electrons. The Morgan fingerprint density at radius 3 is 2.44 bits per heavy atom. The molecule has 0 heterocycles. The van der Waals surface area contributed by atoms with Gasteiger partial charge in [0.05, 0.1) is 6.61 Å². The molecule has 1 saturated carbocycles. The maximum Gasteiger partial charge on any atom is 0.306 e. The van der Waals surface area contributed by atoms with E-state index in [2.05, 4.69) is 15.2 Å². The topological polar surface area (TPSA) is 63.2 Å². The number of rotatable bonds is 12. The summed E-state index contributed by atoms with van der Waals surface area (Å²) in [6, 6.07) is 0. The van der Waals surface area contributed by atoms with Crippen molar-refractivity contribution in [2.24, 2.45) is 10.9 Å². The molecule has 6 nitrogen and oxygen atoms in total. The molecule has 1 aliphatic rings. The second kappa shape index (κ2) is 14.4. The van der Waals surface area contributed by atoms with Crippen LogP contribution in [0.5, 0.6) is 0 Å². The lowest BCUT2D eigenvalue weighted by Crippen LogP contribution is -2.40. The van der Waals surface area contributed by atoms with Crippen LogP contribution in [0.25, 0.3) is 0 Å². The van der Waals surface area contributed by atoms with Gasteiger partial charge in [-0.15, -0.1) is 24.0 Å². The molecule has 27 heavy (non-hydrogen) atoms. The highest BCUT2D eigenvalue weighted by molar-refractivity contribution is 14.0. The number of likely N-dealkylation sites (N-methyl/N-ethyl adjacent to an activating group) is 1. The van der Waals surface area contributed by atoms with E-state index in [1.54, 1.807) is 0 Å². The molecule has 0 amide bonds. The molecular weight excluding hydrogens is 457 g/mol.